The fourth-order valence-electron chi connectivity index (χ4n) is 2.16. The first kappa shape index (κ1) is 14.1. The number of anilines is 1. The third-order valence-corrected chi connectivity index (χ3v) is 3.43. The third kappa shape index (κ3) is 3.43. The van der Waals surface area contributed by atoms with E-state index >= 15 is 0 Å². The molecule has 1 aliphatic rings. The topological polar surface area (TPSA) is 98.0 Å². The summed E-state index contributed by atoms with van der Waals surface area (Å²) in [5, 5.41) is 21.4. The fourth-order valence-corrected chi connectivity index (χ4v) is 2.16. The van der Waals surface area contributed by atoms with Gasteiger partial charge in [0.05, 0.1) is 17.0 Å². The molecule has 112 valence electrons. The van der Waals surface area contributed by atoms with Gasteiger partial charge >= 0.3 is 0 Å². The fraction of sp³-hybridized carbons (Fsp3) is 0.267. The maximum absolute atomic E-state index is 11.9. The molecular formula is C15H14N4O3. The summed E-state index contributed by atoms with van der Waals surface area (Å²) in [4.78, 5) is 22.2. The molecule has 7 nitrogen and oxygen atoms in total. The highest BCUT2D eigenvalue weighted by Gasteiger charge is 2.25. The Labute approximate surface area is 126 Å². The number of carbonyl (C=O) groups is 1. The summed E-state index contributed by atoms with van der Waals surface area (Å²) in [7, 11) is 0. The zero-order valence-electron chi connectivity index (χ0n) is 11.7. The van der Waals surface area contributed by atoms with Crippen LogP contribution in [0.4, 0.5) is 11.5 Å². The summed E-state index contributed by atoms with van der Waals surface area (Å²) in [6.45, 7) is 0. The van der Waals surface area contributed by atoms with Crippen molar-refractivity contribution in [3.63, 3.8) is 0 Å². The molecule has 1 heterocycles. The number of nitro benzene ring substituents is 1. The lowest BCUT2D eigenvalue weighted by molar-refractivity contribution is -0.384. The molecule has 7 heteroatoms. The van der Waals surface area contributed by atoms with Gasteiger partial charge in [-0.3, -0.25) is 14.9 Å². The molecule has 2 aromatic rings. The van der Waals surface area contributed by atoms with Crippen LogP contribution in [0.25, 0.3) is 0 Å². The molecule has 1 aromatic carbocycles. The first-order chi connectivity index (χ1) is 10.6. The zero-order valence-corrected chi connectivity index (χ0v) is 11.7. The SMILES string of the molecule is O=C(Cc1cccc([N+](=O)[O-])c1)Nc1ccc(C2CC2)nn1. The number of non-ortho nitro benzene ring substituents is 1. The normalized spacial score (nSPS) is 13.6. The second-order valence-electron chi connectivity index (χ2n) is 5.27. The van der Waals surface area contributed by atoms with E-state index in [4.69, 9.17) is 0 Å². The van der Waals surface area contributed by atoms with Gasteiger partial charge in [-0.2, -0.15) is 5.10 Å². The highest BCUT2D eigenvalue weighted by molar-refractivity contribution is 5.91. The number of carbonyl (C=O) groups excluding carboxylic acids is 1. The Kier molecular flexibility index (Phi) is 3.78. The van der Waals surface area contributed by atoms with Crippen molar-refractivity contribution in [2.24, 2.45) is 0 Å². The van der Waals surface area contributed by atoms with Crippen LogP contribution in [-0.4, -0.2) is 21.0 Å². The summed E-state index contributed by atoms with van der Waals surface area (Å²) in [5.74, 6) is 0.621. The Morgan fingerprint density at radius 1 is 1.27 bits per heavy atom. The first-order valence-electron chi connectivity index (χ1n) is 6.98. The van der Waals surface area contributed by atoms with Crippen LogP contribution in [0.3, 0.4) is 0 Å². The highest BCUT2D eigenvalue weighted by atomic mass is 16.6. The molecule has 1 aromatic heterocycles. The van der Waals surface area contributed by atoms with Crippen LogP contribution in [0.5, 0.6) is 0 Å². The largest absolute Gasteiger partial charge is 0.309 e. The zero-order chi connectivity index (χ0) is 15.5. The number of nitrogens with zero attached hydrogens (tertiary/aromatic N) is 3. The second-order valence-corrected chi connectivity index (χ2v) is 5.27. The maximum Gasteiger partial charge on any atom is 0.269 e. The highest BCUT2D eigenvalue weighted by Crippen LogP contribution is 2.38. The van der Waals surface area contributed by atoms with Crippen molar-refractivity contribution in [1.29, 1.82) is 0 Å². The van der Waals surface area contributed by atoms with Crippen molar-refractivity contribution in [3.05, 3.63) is 57.8 Å². The third-order valence-electron chi connectivity index (χ3n) is 3.43. The Hall–Kier alpha value is -2.83. The van der Waals surface area contributed by atoms with Gasteiger partial charge in [0.1, 0.15) is 0 Å². The van der Waals surface area contributed by atoms with Crippen molar-refractivity contribution in [1.82, 2.24) is 10.2 Å². The van der Waals surface area contributed by atoms with Crippen molar-refractivity contribution in [2.75, 3.05) is 5.32 Å². The van der Waals surface area contributed by atoms with Gasteiger partial charge in [0, 0.05) is 18.1 Å². The average Bonchev–Trinajstić information content (AvgIpc) is 3.33. The second kappa shape index (κ2) is 5.88. The van der Waals surface area contributed by atoms with E-state index in [0.717, 1.165) is 18.5 Å². The number of amides is 1. The van der Waals surface area contributed by atoms with Crippen molar-refractivity contribution in [2.45, 2.75) is 25.2 Å². The van der Waals surface area contributed by atoms with Crippen molar-refractivity contribution < 1.29 is 9.72 Å². The predicted molar refractivity (Wildman–Crippen MR) is 79.4 cm³/mol. The molecule has 0 spiro atoms. The predicted octanol–water partition coefficient (Wildman–Crippen LogP) is 2.44. The number of nitrogens with one attached hydrogen (secondary N) is 1. The number of benzene rings is 1. The first-order valence-corrected chi connectivity index (χ1v) is 6.98. The van der Waals surface area contributed by atoms with Crippen molar-refractivity contribution in [3.8, 4) is 0 Å². The van der Waals surface area contributed by atoms with E-state index in [1.807, 2.05) is 6.07 Å². The van der Waals surface area contributed by atoms with Crippen LogP contribution in [-0.2, 0) is 11.2 Å². The van der Waals surface area contributed by atoms with Crippen LogP contribution < -0.4 is 5.32 Å². The van der Waals surface area contributed by atoms with E-state index < -0.39 is 4.92 Å². The molecule has 0 radical (unpaired) electrons. The molecule has 3 rings (SSSR count). The van der Waals surface area contributed by atoms with Gasteiger partial charge in [-0.05, 0) is 30.5 Å². The van der Waals surface area contributed by atoms with E-state index in [1.54, 1.807) is 18.2 Å². The van der Waals surface area contributed by atoms with E-state index in [9.17, 15) is 14.9 Å². The standard InChI is InChI=1S/C15H14N4O3/c20-15(9-10-2-1-3-12(8-10)19(21)22)16-14-7-6-13(17-18-14)11-4-5-11/h1-3,6-8,11H,4-5,9H2,(H,16,18,20). The molecule has 22 heavy (non-hydrogen) atoms. The van der Waals surface area contributed by atoms with E-state index in [-0.39, 0.29) is 18.0 Å². The molecule has 0 atom stereocenters. The number of hydrogen-bond acceptors (Lipinski definition) is 5. The monoisotopic (exact) mass is 298 g/mol. The molecule has 0 bridgehead atoms. The van der Waals surface area contributed by atoms with E-state index in [0.29, 0.717) is 17.3 Å². The van der Waals surface area contributed by atoms with Gasteiger partial charge in [0.25, 0.3) is 5.69 Å². The summed E-state index contributed by atoms with van der Waals surface area (Å²) >= 11 is 0. The summed E-state index contributed by atoms with van der Waals surface area (Å²) in [6.07, 6.45) is 2.34. The Bertz CT molecular complexity index is 711. The molecule has 0 aliphatic heterocycles. The van der Waals surface area contributed by atoms with Crippen LogP contribution in [0.15, 0.2) is 36.4 Å². The number of nitro groups is 1. The molecule has 1 saturated carbocycles. The molecule has 1 N–H and O–H groups in total. The minimum absolute atomic E-state index is 0.0288. The molecular weight excluding hydrogens is 284 g/mol. The van der Waals surface area contributed by atoms with Crippen LogP contribution in [0.2, 0.25) is 0 Å². The van der Waals surface area contributed by atoms with Gasteiger partial charge in [-0.1, -0.05) is 12.1 Å². The lowest BCUT2D eigenvalue weighted by Gasteiger charge is -2.04. The van der Waals surface area contributed by atoms with Gasteiger partial charge in [-0.15, -0.1) is 5.10 Å². The van der Waals surface area contributed by atoms with Gasteiger partial charge in [0.2, 0.25) is 5.91 Å². The molecule has 1 fully saturated rings. The number of aromatic nitrogens is 2. The van der Waals surface area contributed by atoms with E-state index in [1.165, 1.54) is 12.1 Å². The van der Waals surface area contributed by atoms with Gasteiger partial charge < -0.3 is 5.32 Å². The van der Waals surface area contributed by atoms with Crippen molar-refractivity contribution >= 4 is 17.4 Å². The summed E-state index contributed by atoms with van der Waals surface area (Å²) in [5.41, 5.74) is 1.50. The van der Waals surface area contributed by atoms with Crippen LogP contribution in [0.1, 0.15) is 30.0 Å². The Morgan fingerprint density at radius 2 is 2.09 bits per heavy atom. The quantitative estimate of drug-likeness (QED) is 0.675. The lowest BCUT2D eigenvalue weighted by atomic mass is 10.1. The molecule has 1 amide bonds. The molecule has 1 aliphatic carbocycles. The smallest absolute Gasteiger partial charge is 0.269 e. The number of rotatable bonds is 5. The van der Waals surface area contributed by atoms with Gasteiger partial charge in [-0.25, -0.2) is 0 Å². The minimum Gasteiger partial charge on any atom is -0.309 e. The lowest BCUT2D eigenvalue weighted by Crippen LogP contribution is -2.15. The van der Waals surface area contributed by atoms with E-state index in [2.05, 4.69) is 15.5 Å². The summed E-state index contributed by atoms with van der Waals surface area (Å²) in [6, 6.07) is 9.62. The molecule has 0 saturated heterocycles. The number of hydrogen-bond donors (Lipinski definition) is 1. The maximum atomic E-state index is 11.9. The molecule has 0 unspecified atom stereocenters. The summed E-state index contributed by atoms with van der Waals surface area (Å²) < 4.78 is 0. The average molecular weight is 298 g/mol. The minimum atomic E-state index is -0.483. The Morgan fingerprint density at radius 3 is 2.73 bits per heavy atom. The van der Waals surface area contributed by atoms with Gasteiger partial charge in [0.15, 0.2) is 5.82 Å². The Balaban J connectivity index is 1.62. The van der Waals surface area contributed by atoms with Crippen LogP contribution in [0, 0.1) is 10.1 Å². The van der Waals surface area contributed by atoms with Crippen LogP contribution >= 0.6 is 0 Å².